The van der Waals surface area contributed by atoms with Gasteiger partial charge in [0.1, 0.15) is 12.2 Å². The van der Waals surface area contributed by atoms with Gasteiger partial charge in [0.15, 0.2) is 11.5 Å². The standard InChI is InChI=1S/C26H18BrCl3N2O5/c1-13-3-5-16(10-20(13)29)32-25(34)17(24(33)31-26(32)35)8-15-9-22(36-2)23(11-18(15)27)37-12-14-4-6-19(28)21(30)7-14/h3-11H,12H2,1-2H3,(H,31,33,35)/b17-8-. The summed E-state index contributed by atoms with van der Waals surface area (Å²) in [4.78, 5) is 39.2. The molecule has 0 radical (unpaired) electrons. The van der Waals surface area contributed by atoms with Crippen LogP contribution in [0.3, 0.4) is 0 Å². The maximum Gasteiger partial charge on any atom is 0.335 e. The van der Waals surface area contributed by atoms with E-state index in [0.717, 1.165) is 16.0 Å². The second kappa shape index (κ2) is 11.1. The minimum Gasteiger partial charge on any atom is -0.493 e. The molecule has 190 valence electrons. The minimum absolute atomic E-state index is 0.192. The highest BCUT2D eigenvalue weighted by Gasteiger charge is 2.37. The summed E-state index contributed by atoms with van der Waals surface area (Å²) in [6.45, 7) is 1.99. The molecule has 0 spiro atoms. The molecular formula is C26H18BrCl3N2O5. The smallest absolute Gasteiger partial charge is 0.335 e. The number of hydrogen-bond acceptors (Lipinski definition) is 5. The lowest BCUT2D eigenvalue weighted by atomic mass is 10.1. The van der Waals surface area contributed by atoms with Crippen molar-refractivity contribution in [3.05, 3.63) is 90.3 Å². The lowest BCUT2D eigenvalue weighted by molar-refractivity contribution is -0.122. The molecule has 0 bridgehead atoms. The van der Waals surface area contributed by atoms with Gasteiger partial charge < -0.3 is 9.47 Å². The van der Waals surface area contributed by atoms with E-state index < -0.39 is 17.8 Å². The molecule has 7 nitrogen and oxygen atoms in total. The predicted molar refractivity (Wildman–Crippen MR) is 147 cm³/mol. The number of halogens is 4. The van der Waals surface area contributed by atoms with Gasteiger partial charge in [0.25, 0.3) is 11.8 Å². The Morgan fingerprint density at radius 1 is 0.946 bits per heavy atom. The summed E-state index contributed by atoms with van der Waals surface area (Å²) in [6.07, 6.45) is 1.36. The number of urea groups is 1. The SMILES string of the molecule is COc1cc(/C=C2/C(=O)NC(=O)N(c3ccc(C)c(Cl)c3)C2=O)c(Br)cc1OCc1ccc(Cl)c(Cl)c1. The highest BCUT2D eigenvalue weighted by molar-refractivity contribution is 9.10. The van der Waals surface area contributed by atoms with Crippen LogP contribution in [-0.2, 0) is 16.2 Å². The Labute approximate surface area is 236 Å². The summed E-state index contributed by atoms with van der Waals surface area (Å²) in [6, 6.07) is 12.3. The Bertz CT molecular complexity index is 1470. The summed E-state index contributed by atoms with van der Waals surface area (Å²) in [5.74, 6) is -0.847. The maximum atomic E-state index is 13.2. The third kappa shape index (κ3) is 5.78. The van der Waals surface area contributed by atoms with E-state index in [4.69, 9.17) is 44.3 Å². The number of ether oxygens (including phenoxy) is 2. The van der Waals surface area contributed by atoms with Crippen molar-refractivity contribution in [2.75, 3.05) is 12.0 Å². The number of rotatable bonds is 6. The number of methoxy groups -OCH3 is 1. The topological polar surface area (TPSA) is 84.9 Å². The Hall–Kier alpha value is -3.04. The maximum absolute atomic E-state index is 13.2. The number of carbonyl (C=O) groups excluding carboxylic acids is 3. The molecule has 1 aliphatic rings. The average molecular weight is 625 g/mol. The quantitative estimate of drug-likeness (QED) is 0.237. The Morgan fingerprint density at radius 2 is 1.70 bits per heavy atom. The van der Waals surface area contributed by atoms with Crippen LogP contribution >= 0.6 is 50.7 Å². The molecule has 0 atom stereocenters. The zero-order chi connectivity index (χ0) is 26.9. The molecule has 0 unspecified atom stereocenters. The van der Waals surface area contributed by atoms with E-state index in [1.54, 1.807) is 49.4 Å². The molecule has 1 aliphatic heterocycles. The van der Waals surface area contributed by atoms with Crippen molar-refractivity contribution in [2.24, 2.45) is 0 Å². The van der Waals surface area contributed by atoms with Crippen molar-refractivity contribution >= 4 is 80.3 Å². The molecule has 37 heavy (non-hydrogen) atoms. The van der Waals surface area contributed by atoms with Crippen LogP contribution in [0, 0.1) is 6.92 Å². The second-order valence-electron chi connectivity index (χ2n) is 7.95. The van der Waals surface area contributed by atoms with Gasteiger partial charge in [0.2, 0.25) is 0 Å². The molecule has 1 fully saturated rings. The molecule has 1 saturated heterocycles. The largest absolute Gasteiger partial charge is 0.493 e. The summed E-state index contributed by atoms with van der Waals surface area (Å²) in [5.41, 5.74) is 2.01. The average Bonchev–Trinajstić information content (AvgIpc) is 2.85. The van der Waals surface area contributed by atoms with Crippen LogP contribution in [0.1, 0.15) is 16.7 Å². The van der Waals surface area contributed by atoms with Gasteiger partial charge in [0.05, 0.1) is 22.8 Å². The first-order valence-electron chi connectivity index (χ1n) is 10.7. The predicted octanol–water partition coefficient (Wildman–Crippen LogP) is 6.97. The van der Waals surface area contributed by atoms with Gasteiger partial charge in [-0.2, -0.15) is 0 Å². The van der Waals surface area contributed by atoms with Crippen LogP contribution in [0.25, 0.3) is 6.08 Å². The third-order valence-corrected chi connectivity index (χ3v) is 7.31. The molecule has 4 amide bonds. The van der Waals surface area contributed by atoms with Gasteiger partial charge in [-0.05, 0) is 66.1 Å². The van der Waals surface area contributed by atoms with Crippen LogP contribution in [-0.4, -0.2) is 25.0 Å². The summed E-state index contributed by atoms with van der Waals surface area (Å²) >= 11 is 21.7. The van der Waals surface area contributed by atoms with Crippen molar-refractivity contribution in [1.82, 2.24) is 5.32 Å². The molecule has 0 aromatic heterocycles. The first-order valence-corrected chi connectivity index (χ1v) is 12.6. The summed E-state index contributed by atoms with van der Waals surface area (Å²) in [5, 5.41) is 3.42. The number of amides is 4. The van der Waals surface area contributed by atoms with Crippen molar-refractivity contribution in [3.8, 4) is 11.5 Å². The van der Waals surface area contributed by atoms with Crippen molar-refractivity contribution in [1.29, 1.82) is 0 Å². The molecule has 0 aliphatic carbocycles. The molecule has 1 N–H and O–H groups in total. The zero-order valence-corrected chi connectivity index (χ0v) is 23.3. The fourth-order valence-electron chi connectivity index (χ4n) is 3.49. The number of anilines is 1. The van der Waals surface area contributed by atoms with Crippen LogP contribution in [0.5, 0.6) is 11.5 Å². The third-order valence-electron chi connectivity index (χ3n) is 5.48. The van der Waals surface area contributed by atoms with E-state index in [0.29, 0.717) is 36.6 Å². The van der Waals surface area contributed by atoms with Gasteiger partial charge >= 0.3 is 6.03 Å². The lowest BCUT2D eigenvalue weighted by Crippen LogP contribution is -2.54. The Morgan fingerprint density at radius 3 is 2.38 bits per heavy atom. The van der Waals surface area contributed by atoms with Gasteiger partial charge in [-0.25, -0.2) is 9.69 Å². The molecule has 0 saturated carbocycles. The van der Waals surface area contributed by atoms with Crippen molar-refractivity contribution < 1.29 is 23.9 Å². The molecule has 4 rings (SSSR count). The Balaban J connectivity index is 1.64. The summed E-state index contributed by atoms with van der Waals surface area (Å²) < 4.78 is 11.9. The first-order chi connectivity index (χ1) is 17.6. The van der Waals surface area contributed by atoms with Gasteiger partial charge in [-0.15, -0.1) is 0 Å². The lowest BCUT2D eigenvalue weighted by Gasteiger charge is -2.26. The van der Waals surface area contributed by atoms with E-state index in [1.807, 2.05) is 0 Å². The van der Waals surface area contributed by atoms with E-state index in [2.05, 4.69) is 21.2 Å². The molecular weight excluding hydrogens is 607 g/mol. The molecule has 3 aromatic carbocycles. The molecule has 11 heteroatoms. The molecule has 3 aromatic rings. The highest BCUT2D eigenvalue weighted by atomic mass is 79.9. The molecule has 1 heterocycles. The number of nitrogens with one attached hydrogen (secondary N) is 1. The van der Waals surface area contributed by atoms with E-state index in [9.17, 15) is 14.4 Å². The van der Waals surface area contributed by atoms with Gasteiger partial charge in [-0.3, -0.25) is 14.9 Å². The normalized spacial score (nSPS) is 14.7. The number of hydrogen-bond donors (Lipinski definition) is 1. The number of aryl methyl sites for hydroxylation is 1. The van der Waals surface area contributed by atoms with E-state index >= 15 is 0 Å². The van der Waals surface area contributed by atoms with Crippen LogP contribution in [0.2, 0.25) is 15.1 Å². The summed E-state index contributed by atoms with van der Waals surface area (Å²) in [7, 11) is 1.46. The highest BCUT2D eigenvalue weighted by Crippen LogP contribution is 2.36. The van der Waals surface area contributed by atoms with Crippen LogP contribution < -0.4 is 19.7 Å². The minimum atomic E-state index is -0.866. The fourth-order valence-corrected chi connectivity index (χ4v) is 4.42. The van der Waals surface area contributed by atoms with Gasteiger partial charge in [-0.1, -0.05) is 62.9 Å². The number of nitrogens with zero attached hydrogens (tertiary/aromatic N) is 1. The first kappa shape index (κ1) is 27.0. The number of carbonyl (C=O) groups is 3. The van der Waals surface area contributed by atoms with Gasteiger partial charge in [0, 0.05) is 9.50 Å². The van der Waals surface area contributed by atoms with E-state index in [1.165, 1.54) is 19.3 Å². The van der Waals surface area contributed by atoms with Crippen LogP contribution in [0.15, 0.2) is 58.6 Å². The number of barbiturate groups is 1. The van der Waals surface area contributed by atoms with Crippen LogP contribution in [0.4, 0.5) is 10.5 Å². The monoisotopic (exact) mass is 622 g/mol. The zero-order valence-electron chi connectivity index (χ0n) is 19.4. The Kier molecular flexibility index (Phi) is 8.14. The second-order valence-corrected chi connectivity index (χ2v) is 10.0. The van der Waals surface area contributed by atoms with E-state index in [-0.39, 0.29) is 17.9 Å². The fraction of sp³-hybridized carbons (Fsp3) is 0.115. The van der Waals surface area contributed by atoms with Crippen molar-refractivity contribution in [3.63, 3.8) is 0 Å². The number of imide groups is 2. The number of benzene rings is 3. The van der Waals surface area contributed by atoms with Crippen molar-refractivity contribution in [2.45, 2.75) is 13.5 Å².